The van der Waals surface area contributed by atoms with Gasteiger partial charge in [-0.15, -0.1) is 10.2 Å². The first-order chi connectivity index (χ1) is 5.70. The highest BCUT2D eigenvalue weighted by Gasteiger charge is 2.01. The van der Waals surface area contributed by atoms with E-state index in [0.29, 0.717) is 12.4 Å². The smallest absolute Gasteiger partial charge is 0.155 e. The van der Waals surface area contributed by atoms with E-state index in [1.807, 2.05) is 13.8 Å². The molecule has 1 heterocycles. The number of nitrogens with zero attached hydrogens (tertiary/aromatic N) is 3. The van der Waals surface area contributed by atoms with Crippen molar-refractivity contribution in [2.75, 3.05) is 5.73 Å². The van der Waals surface area contributed by atoms with Gasteiger partial charge >= 0.3 is 0 Å². The zero-order chi connectivity index (χ0) is 8.97. The minimum Gasteiger partial charge on any atom is -0.382 e. The number of ether oxygens (including phenoxy) is 1. The largest absolute Gasteiger partial charge is 0.382 e. The van der Waals surface area contributed by atoms with Crippen molar-refractivity contribution in [3.05, 3.63) is 11.8 Å². The van der Waals surface area contributed by atoms with E-state index in [0.717, 1.165) is 5.56 Å². The summed E-state index contributed by atoms with van der Waals surface area (Å²) >= 11 is 0. The van der Waals surface area contributed by atoms with Crippen LogP contribution in [0.25, 0.3) is 0 Å². The monoisotopic (exact) mass is 168 g/mol. The second-order valence-corrected chi connectivity index (χ2v) is 2.70. The van der Waals surface area contributed by atoms with E-state index in [9.17, 15) is 0 Å². The number of aromatic nitrogens is 3. The summed E-state index contributed by atoms with van der Waals surface area (Å²) in [4.78, 5) is 0. The van der Waals surface area contributed by atoms with Gasteiger partial charge < -0.3 is 10.5 Å². The summed E-state index contributed by atoms with van der Waals surface area (Å²) in [6, 6.07) is 0. The Bertz CT molecular complexity index is 251. The number of nitrogens with two attached hydrogens (primary N) is 1. The van der Waals surface area contributed by atoms with Gasteiger partial charge in [-0.1, -0.05) is 0 Å². The highest BCUT2D eigenvalue weighted by atomic mass is 16.5. The van der Waals surface area contributed by atoms with Crippen molar-refractivity contribution in [1.29, 1.82) is 0 Å². The van der Waals surface area contributed by atoms with Gasteiger partial charge in [-0.05, 0) is 19.1 Å². The molecule has 5 nitrogen and oxygen atoms in total. The molecule has 0 aliphatic heterocycles. The van der Waals surface area contributed by atoms with Crippen LogP contribution >= 0.6 is 0 Å². The summed E-state index contributed by atoms with van der Waals surface area (Å²) in [7, 11) is 0. The van der Waals surface area contributed by atoms with Crippen molar-refractivity contribution >= 4 is 5.82 Å². The molecule has 0 aliphatic rings. The maximum atomic E-state index is 5.51. The van der Waals surface area contributed by atoms with Crippen molar-refractivity contribution in [2.24, 2.45) is 0 Å². The zero-order valence-electron chi connectivity index (χ0n) is 7.19. The van der Waals surface area contributed by atoms with Gasteiger partial charge in [0.05, 0.1) is 18.9 Å². The molecule has 0 unspecified atom stereocenters. The predicted octanol–water partition coefficient (Wildman–Crippen LogP) is 0.379. The number of hydrogen-bond donors (Lipinski definition) is 1. The number of rotatable bonds is 3. The van der Waals surface area contributed by atoms with Crippen LogP contribution in [0.3, 0.4) is 0 Å². The highest BCUT2D eigenvalue weighted by Crippen LogP contribution is 2.06. The van der Waals surface area contributed by atoms with Crippen LogP contribution in [0.5, 0.6) is 0 Å². The van der Waals surface area contributed by atoms with Crippen molar-refractivity contribution in [3.8, 4) is 0 Å². The molecule has 0 bridgehead atoms. The molecule has 0 atom stereocenters. The van der Waals surface area contributed by atoms with E-state index in [1.54, 1.807) is 6.20 Å². The maximum Gasteiger partial charge on any atom is 0.155 e. The maximum absolute atomic E-state index is 5.51. The minimum atomic E-state index is 0.178. The average Bonchev–Trinajstić information content (AvgIpc) is 2.03. The predicted molar refractivity (Wildman–Crippen MR) is 44.2 cm³/mol. The zero-order valence-corrected chi connectivity index (χ0v) is 7.19. The van der Waals surface area contributed by atoms with Gasteiger partial charge in [0.1, 0.15) is 0 Å². The molecular formula is C7H12N4O. The van der Waals surface area contributed by atoms with Crippen LogP contribution in [-0.4, -0.2) is 21.5 Å². The quantitative estimate of drug-likeness (QED) is 0.706. The van der Waals surface area contributed by atoms with Crippen LogP contribution in [0.4, 0.5) is 5.82 Å². The topological polar surface area (TPSA) is 73.9 Å². The summed E-state index contributed by atoms with van der Waals surface area (Å²) in [6.45, 7) is 4.35. The fourth-order valence-corrected chi connectivity index (χ4v) is 0.668. The highest BCUT2D eigenvalue weighted by molar-refractivity contribution is 5.34. The van der Waals surface area contributed by atoms with E-state index in [1.165, 1.54) is 0 Å². The summed E-state index contributed by atoms with van der Waals surface area (Å²) < 4.78 is 5.32. The van der Waals surface area contributed by atoms with E-state index >= 15 is 0 Å². The van der Waals surface area contributed by atoms with Gasteiger partial charge in [0.15, 0.2) is 5.82 Å². The Morgan fingerprint density at radius 1 is 1.58 bits per heavy atom. The third kappa shape index (κ3) is 2.43. The van der Waals surface area contributed by atoms with E-state index in [2.05, 4.69) is 15.4 Å². The lowest BCUT2D eigenvalue weighted by atomic mass is 10.3. The Balaban J connectivity index is 2.57. The van der Waals surface area contributed by atoms with Gasteiger partial charge in [-0.25, -0.2) is 0 Å². The molecule has 66 valence electrons. The molecule has 2 N–H and O–H groups in total. The van der Waals surface area contributed by atoms with Gasteiger partial charge in [0.2, 0.25) is 0 Å². The van der Waals surface area contributed by atoms with Crippen LogP contribution < -0.4 is 5.73 Å². The first-order valence-electron chi connectivity index (χ1n) is 3.74. The van der Waals surface area contributed by atoms with Gasteiger partial charge in [-0.3, -0.25) is 0 Å². The van der Waals surface area contributed by atoms with E-state index in [4.69, 9.17) is 10.5 Å². The third-order valence-electron chi connectivity index (χ3n) is 1.32. The number of anilines is 1. The van der Waals surface area contributed by atoms with Crippen LogP contribution in [0.2, 0.25) is 0 Å². The second-order valence-electron chi connectivity index (χ2n) is 2.70. The van der Waals surface area contributed by atoms with Crippen molar-refractivity contribution in [3.63, 3.8) is 0 Å². The Morgan fingerprint density at radius 2 is 2.33 bits per heavy atom. The summed E-state index contributed by atoms with van der Waals surface area (Å²) in [5.41, 5.74) is 6.29. The normalized spacial score (nSPS) is 10.6. The van der Waals surface area contributed by atoms with Crippen LogP contribution in [0.15, 0.2) is 6.20 Å². The summed E-state index contributed by atoms with van der Waals surface area (Å²) in [5.74, 6) is 0.380. The van der Waals surface area contributed by atoms with Gasteiger partial charge in [-0.2, -0.15) is 0 Å². The van der Waals surface area contributed by atoms with Crippen LogP contribution in [-0.2, 0) is 11.3 Å². The fourth-order valence-electron chi connectivity index (χ4n) is 0.668. The molecule has 0 amide bonds. The fraction of sp³-hybridized carbons (Fsp3) is 0.571. The minimum absolute atomic E-state index is 0.178. The Labute approximate surface area is 70.9 Å². The second kappa shape index (κ2) is 3.96. The molecule has 0 aliphatic carbocycles. The van der Waals surface area contributed by atoms with E-state index < -0.39 is 0 Å². The molecular weight excluding hydrogens is 156 g/mol. The molecule has 1 rings (SSSR count). The average molecular weight is 168 g/mol. The molecule has 1 aromatic rings. The SMILES string of the molecule is CC(C)OCc1cnnnc1N. The number of nitrogen functional groups attached to an aromatic ring is 1. The first-order valence-corrected chi connectivity index (χ1v) is 3.74. The first kappa shape index (κ1) is 8.86. The van der Waals surface area contributed by atoms with Gasteiger partial charge in [0, 0.05) is 5.56 Å². The lowest BCUT2D eigenvalue weighted by Crippen LogP contribution is -2.07. The Hall–Kier alpha value is -1.23. The van der Waals surface area contributed by atoms with E-state index in [-0.39, 0.29) is 6.10 Å². The van der Waals surface area contributed by atoms with Gasteiger partial charge in [0.25, 0.3) is 0 Å². The third-order valence-corrected chi connectivity index (χ3v) is 1.32. The molecule has 0 fully saturated rings. The molecule has 12 heavy (non-hydrogen) atoms. The summed E-state index contributed by atoms with van der Waals surface area (Å²) in [6.07, 6.45) is 1.74. The van der Waals surface area contributed by atoms with Crippen molar-refractivity contribution < 1.29 is 4.74 Å². The van der Waals surface area contributed by atoms with Crippen LogP contribution in [0, 0.1) is 0 Å². The Kier molecular flexibility index (Phi) is 2.93. The standard InChI is InChI=1S/C7H12N4O/c1-5(2)12-4-6-3-9-11-10-7(6)8/h3,5H,4H2,1-2H3,(H2,8,9,10). The number of hydrogen-bond acceptors (Lipinski definition) is 5. The Morgan fingerprint density at radius 3 is 2.92 bits per heavy atom. The lowest BCUT2D eigenvalue weighted by Gasteiger charge is -2.07. The summed E-state index contributed by atoms with van der Waals surface area (Å²) in [5, 5.41) is 10.6. The van der Waals surface area contributed by atoms with Crippen molar-refractivity contribution in [2.45, 2.75) is 26.6 Å². The molecule has 0 saturated carbocycles. The lowest BCUT2D eigenvalue weighted by molar-refractivity contribution is 0.0656. The molecule has 0 spiro atoms. The molecule has 0 saturated heterocycles. The van der Waals surface area contributed by atoms with Crippen LogP contribution in [0.1, 0.15) is 19.4 Å². The molecule has 0 aromatic carbocycles. The van der Waals surface area contributed by atoms with Crippen molar-refractivity contribution in [1.82, 2.24) is 15.4 Å². The molecule has 0 radical (unpaired) electrons. The molecule has 5 heteroatoms. The molecule has 1 aromatic heterocycles.